The van der Waals surface area contributed by atoms with Gasteiger partial charge >= 0.3 is 5.97 Å². The van der Waals surface area contributed by atoms with Gasteiger partial charge in [0.25, 0.3) is 11.8 Å². The maximum Gasteiger partial charge on any atom is 0.341 e. The summed E-state index contributed by atoms with van der Waals surface area (Å²) in [5.74, 6) is -1.61. The number of ether oxygens (including phenoxy) is 2. The molecule has 0 spiro atoms. The van der Waals surface area contributed by atoms with Crippen molar-refractivity contribution < 1.29 is 23.9 Å². The van der Waals surface area contributed by atoms with Gasteiger partial charge in [0.05, 0.1) is 12.7 Å². The number of halogens is 1. The Kier molecular flexibility index (Phi) is 6.71. The maximum atomic E-state index is 12.4. The monoisotopic (exact) mass is 444 g/mol. The highest BCUT2D eigenvalue weighted by Gasteiger charge is 2.23. The molecule has 1 aromatic heterocycles. The number of nitrogens with two attached hydrogens (primary N) is 1. The smallest absolute Gasteiger partial charge is 0.341 e. The third-order valence-corrected chi connectivity index (χ3v) is 5.33. The third-order valence-electron chi connectivity index (χ3n) is 4.11. The molecule has 3 rings (SSSR count). The zero-order valence-electron chi connectivity index (χ0n) is 15.8. The first-order chi connectivity index (χ1) is 14.4. The Morgan fingerprint density at radius 2 is 1.77 bits per heavy atom. The molecule has 154 valence electrons. The Labute approximate surface area is 181 Å². The highest BCUT2D eigenvalue weighted by atomic mass is 35.5. The van der Waals surface area contributed by atoms with Gasteiger partial charge in [0.1, 0.15) is 16.3 Å². The van der Waals surface area contributed by atoms with E-state index in [0.29, 0.717) is 21.2 Å². The van der Waals surface area contributed by atoms with Crippen molar-refractivity contribution >= 4 is 45.7 Å². The molecule has 0 atom stereocenters. The van der Waals surface area contributed by atoms with Gasteiger partial charge in [0.2, 0.25) is 0 Å². The lowest BCUT2D eigenvalue weighted by molar-refractivity contribution is -0.118. The number of esters is 1. The number of thiophene rings is 1. The SMILES string of the molecule is COC(=O)c1c(-c2ccccc2Cl)csc1NC(=O)COc1ccccc1C(N)=O. The number of anilines is 1. The minimum atomic E-state index is -0.665. The van der Waals surface area contributed by atoms with Gasteiger partial charge in [-0.3, -0.25) is 9.59 Å². The van der Waals surface area contributed by atoms with Crippen LogP contribution in [0.25, 0.3) is 11.1 Å². The number of primary amides is 1. The molecule has 0 radical (unpaired) electrons. The molecule has 30 heavy (non-hydrogen) atoms. The van der Waals surface area contributed by atoms with Gasteiger partial charge < -0.3 is 20.5 Å². The zero-order valence-corrected chi connectivity index (χ0v) is 17.4. The van der Waals surface area contributed by atoms with Crippen LogP contribution in [0.4, 0.5) is 5.00 Å². The van der Waals surface area contributed by atoms with E-state index < -0.39 is 17.8 Å². The van der Waals surface area contributed by atoms with Gasteiger partial charge in [-0.05, 0) is 18.2 Å². The molecule has 3 N–H and O–H groups in total. The van der Waals surface area contributed by atoms with Crippen LogP contribution in [0.3, 0.4) is 0 Å². The molecule has 3 aromatic rings. The molecule has 0 saturated heterocycles. The molecule has 2 amide bonds. The minimum Gasteiger partial charge on any atom is -0.483 e. The Morgan fingerprint density at radius 1 is 1.07 bits per heavy atom. The summed E-state index contributed by atoms with van der Waals surface area (Å²) in [6.07, 6.45) is 0. The molecule has 0 aliphatic heterocycles. The van der Waals surface area contributed by atoms with Crippen molar-refractivity contribution in [2.45, 2.75) is 0 Å². The minimum absolute atomic E-state index is 0.165. The van der Waals surface area contributed by atoms with Crippen LogP contribution in [0.2, 0.25) is 5.02 Å². The first kappa shape index (κ1) is 21.4. The van der Waals surface area contributed by atoms with Gasteiger partial charge in [0.15, 0.2) is 6.61 Å². The quantitative estimate of drug-likeness (QED) is 0.536. The van der Waals surface area contributed by atoms with E-state index in [9.17, 15) is 14.4 Å². The normalized spacial score (nSPS) is 10.3. The molecule has 9 heteroatoms. The predicted molar refractivity (Wildman–Crippen MR) is 115 cm³/mol. The number of carbonyl (C=O) groups is 3. The number of hydrogen-bond acceptors (Lipinski definition) is 6. The first-order valence-corrected chi connectivity index (χ1v) is 9.94. The number of carbonyl (C=O) groups excluding carboxylic acids is 3. The summed E-state index contributed by atoms with van der Waals surface area (Å²) in [6, 6.07) is 13.4. The molecular weight excluding hydrogens is 428 g/mol. The number of hydrogen-bond donors (Lipinski definition) is 2. The topological polar surface area (TPSA) is 108 Å². The standard InChI is InChI=1S/C21H17ClN2O5S/c1-28-21(27)18-14(12-6-2-4-8-15(12)22)11-30-20(18)24-17(25)10-29-16-9-5-3-7-13(16)19(23)26/h2-9,11H,10H2,1H3,(H2,23,26)(H,24,25). The summed E-state index contributed by atoms with van der Waals surface area (Å²) >= 11 is 7.42. The average Bonchev–Trinajstić information content (AvgIpc) is 3.15. The lowest BCUT2D eigenvalue weighted by Crippen LogP contribution is -2.22. The molecule has 7 nitrogen and oxygen atoms in total. The highest BCUT2D eigenvalue weighted by molar-refractivity contribution is 7.15. The second-order valence-corrected chi connectivity index (χ2v) is 7.31. The zero-order chi connectivity index (χ0) is 21.7. The van der Waals surface area contributed by atoms with E-state index in [-0.39, 0.29) is 23.5 Å². The van der Waals surface area contributed by atoms with E-state index in [4.69, 9.17) is 26.8 Å². The lowest BCUT2D eigenvalue weighted by atomic mass is 10.0. The van der Waals surface area contributed by atoms with Gasteiger partial charge in [-0.2, -0.15) is 0 Å². The van der Waals surface area contributed by atoms with Gasteiger partial charge in [-0.25, -0.2) is 4.79 Å². The van der Waals surface area contributed by atoms with Crippen molar-refractivity contribution in [2.75, 3.05) is 19.0 Å². The largest absolute Gasteiger partial charge is 0.483 e. The van der Waals surface area contributed by atoms with Crippen molar-refractivity contribution in [3.63, 3.8) is 0 Å². The Morgan fingerprint density at radius 3 is 2.47 bits per heavy atom. The predicted octanol–water partition coefficient (Wildman–Crippen LogP) is 3.97. The van der Waals surface area contributed by atoms with Crippen LogP contribution in [0.1, 0.15) is 20.7 Å². The maximum absolute atomic E-state index is 12.4. The molecule has 0 aliphatic rings. The summed E-state index contributed by atoms with van der Waals surface area (Å²) in [7, 11) is 1.26. The van der Waals surface area contributed by atoms with Gasteiger partial charge in [-0.1, -0.05) is 41.9 Å². The van der Waals surface area contributed by atoms with E-state index in [1.807, 2.05) is 0 Å². The van der Waals surface area contributed by atoms with Crippen LogP contribution in [0, 0.1) is 0 Å². The van der Waals surface area contributed by atoms with Gasteiger partial charge in [-0.15, -0.1) is 11.3 Å². The molecule has 0 aliphatic carbocycles. The van der Waals surface area contributed by atoms with Crippen LogP contribution in [-0.4, -0.2) is 31.5 Å². The summed E-state index contributed by atoms with van der Waals surface area (Å²) in [5.41, 5.74) is 6.85. The van der Waals surface area contributed by atoms with E-state index in [1.165, 1.54) is 19.2 Å². The first-order valence-electron chi connectivity index (χ1n) is 8.68. The van der Waals surface area contributed by atoms with Crippen molar-refractivity contribution in [2.24, 2.45) is 5.73 Å². The second kappa shape index (κ2) is 9.43. The molecule has 1 heterocycles. The molecule has 2 aromatic carbocycles. The molecule has 0 saturated carbocycles. The van der Waals surface area contributed by atoms with Crippen molar-refractivity contribution in [1.82, 2.24) is 0 Å². The van der Waals surface area contributed by atoms with E-state index in [1.54, 1.807) is 41.8 Å². The third kappa shape index (κ3) is 4.61. The number of nitrogens with one attached hydrogen (secondary N) is 1. The van der Waals surface area contributed by atoms with Crippen molar-refractivity contribution in [3.05, 3.63) is 70.1 Å². The highest BCUT2D eigenvalue weighted by Crippen LogP contribution is 2.39. The summed E-state index contributed by atoms with van der Waals surface area (Å²) in [6.45, 7) is -0.385. The number of rotatable bonds is 7. The van der Waals surface area contributed by atoms with E-state index in [2.05, 4.69) is 5.32 Å². The summed E-state index contributed by atoms with van der Waals surface area (Å²) < 4.78 is 10.3. The van der Waals surface area contributed by atoms with Crippen LogP contribution in [0.15, 0.2) is 53.9 Å². The fourth-order valence-corrected chi connectivity index (χ4v) is 3.94. The van der Waals surface area contributed by atoms with Crippen LogP contribution in [-0.2, 0) is 9.53 Å². The number of methoxy groups -OCH3 is 1. The average molecular weight is 445 g/mol. The number of para-hydroxylation sites is 1. The fraction of sp³-hybridized carbons (Fsp3) is 0.0952. The Hall–Kier alpha value is -3.36. The fourth-order valence-electron chi connectivity index (χ4n) is 2.73. The van der Waals surface area contributed by atoms with Crippen LogP contribution in [0.5, 0.6) is 5.75 Å². The second-order valence-electron chi connectivity index (χ2n) is 6.02. The van der Waals surface area contributed by atoms with Gasteiger partial charge in [0, 0.05) is 21.5 Å². The molecule has 0 unspecified atom stereocenters. The van der Waals surface area contributed by atoms with Crippen LogP contribution < -0.4 is 15.8 Å². The van der Waals surface area contributed by atoms with Crippen molar-refractivity contribution in [1.29, 1.82) is 0 Å². The van der Waals surface area contributed by atoms with E-state index >= 15 is 0 Å². The lowest BCUT2D eigenvalue weighted by Gasteiger charge is -2.11. The van der Waals surface area contributed by atoms with Crippen LogP contribution >= 0.6 is 22.9 Å². The summed E-state index contributed by atoms with van der Waals surface area (Å²) in [5, 5.41) is 5.13. The van der Waals surface area contributed by atoms with E-state index in [0.717, 1.165) is 11.3 Å². The number of benzene rings is 2. The Bertz CT molecular complexity index is 1110. The number of amides is 2. The van der Waals surface area contributed by atoms with Crippen molar-refractivity contribution in [3.8, 4) is 16.9 Å². The molecule has 0 fully saturated rings. The summed E-state index contributed by atoms with van der Waals surface area (Å²) in [4.78, 5) is 36.3. The molecular formula is C21H17ClN2O5S. The molecule has 0 bridgehead atoms. The Balaban J connectivity index is 1.81.